The maximum atomic E-state index is 13.2. The van der Waals surface area contributed by atoms with E-state index >= 15 is 0 Å². The maximum Gasteiger partial charge on any atom is 0.416 e. The number of aryl methyl sites for hydroxylation is 1. The molecule has 0 saturated heterocycles. The molecular formula is C26H24F3N3O2. The fourth-order valence-corrected chi connectivity index (χ4v) is 4.19. The van der Waals surface area contributed by atoms with Crippen LogP contribution in [0.3, 0.4) is 0 Å². The Hall–Kier alpha value is -3.68. The Morgan fingerprint density at radius 1 is 1.03 bits per heavy atom. The molecule has 34 heavy (non-hydrogen) atoms. The zero-order valence-corrected chi connectivity index (χ0v) is 19.1. The van der Waals surface area contributed by atoms with E-state index in [2.05, 4.69) is 10.1 Å². The van der Waals surface area contributed by atoms with Crippen molar-refractivity contribution in [3.8, 4) is 11.1 Å². The zero-order chi connectivity index (χ0) is 24.5. The van der Waals surface area contributed by atoms with Crippen LogP contribution in [0.2, 0.25) is 0 Å². The molecule has 4 aromatic rings. The van der Waals surface area contributed by atoms with Gasteiger partial charge in [-0.25, -0.2) is 9.50 Å². The van der Waals surface area contributed by atoms with Crippen LogP contribution in [0.25, 0.3) is 16.8 Å². The standard InChI is InChI=1S/C26H24F3N3O2/c1-4-34-24(33)25(3,16-18-8-6-5-7-9-18)21-14-15-30-23-22(17(2)31-32(21)23)19-10-12-20(13-11-19)26(27,28)29/h5-15H,4,16H2,1-3H3/t25-/m1/s1. The molecule has 2 aromatic carbocycles. The van der Waals surface area contributed by atoms with Crippen LogP contribution in [0.5, 0.6) is 0 Å². The highest BCUT2D eigenvalue weighted by molar-refractivity contribution is 5.84. The van der Waals surface area contributed by atoms with Crippen LogP contribution in [0.1, 0.15) is 36.4 Å². The normalized spacial score (nSPS) is 13.6. The number of nitrogens with zero attached hydrogens (tertiary/aromatic N) is 3. The van der Waals surface area contributed by atoms with Gasteiger partial charge in [0.1, 0.15) is 5.41 Å². The number of alkyl halides is 3. The van der Waals surface area contributed by atoms with Crippen molar-refractivity contribution in [1.82, 2.24) is 14.6 Å². The second kappa shape index (κ2) is 8.93. The average Bonchev–Trinajstić information content (AvgIpc) is 3.15. The summed E-state index contributed by atoms with van der Waals surface area (Å²) in [5, 5.41) is 4.64. The van der Waals surface area contributed by atoms with Crippen LogP contribution < -0.4 is 0 Å². The van der Waals surface area contributed by atoms with E-state index in [0.29, 0.717) is 34.6 Å². The Bertz CT molecular complexity index is 1320. The number of benzene rings is 2. The van der Waals surface area contributed by atoms with Crippen molar-refractivity contribution in [1.29, 1.82) is 0 Å². The van der Waals surface area contributed by atoms with E-state index in [1.54, 1.807) is 30.6 Å². The number of hydrogen-bond acceptors (Lipinski definition) is 4. The summed E-state index contributed by atoms with van der Waals surface area (Å²) >= 11 is 0. The Kier molecular flexibility index (Phi) is 6.17. The predicted octanol–water partition coefficient (Wildman–Crippen LogP) is 5.79. The lowest BCUT2D eigenvalue weighted by Crippen LogP contribution is -2.38. The summed E-state index contributed by atoms with van der Waals surface area (Å²) in [5.41, 5.74) is 1.96. The van der Waals surface area contributed by atoms with E-state index in [1.807, 2.05) is 37.3 Å². The summed E-state index contributed by atoms with van der Waals surface area (Å²) in [7, 11) is 0. The number of aromatic nitrogens is 3. The van der Waals surface area contributed by atoms with E-state index in [0.717, 1.165) is 17.7 Å². The molecule has 1 atom stereocenters. The second-order valence-electron chi connectivity index (χ2n) is 8.32. The fourth-order valence-electron chi connectivity index (χ4n) is 4.19. The average molecular weight is 467 g/mol. The molecule has 0 N–H and O–H groups in total. The molecule has 0 spiro atoms. The summed E-state index contributed by atoms with van der Waals surface area (Å²) in [4.78, 5) is 17.7. The first-order chi connectivity index (χ1) is 16.1. The van der Waals surface area contributed by atoms with E-state index in [4.69, 9.17) is 4.74 Å². The van der Waals surface area contributed by atoms with Gasteiger partial charge in [0.25, 0.3) is 0 Å². The first kappa shape index (κ1) is 23.5. The topological polar surface area (TPSA) is 56.5 Å². The first-order valence-electron chi connectivity index (χ1n) is 10.9. The summed E-state index contributed by atoms with van der Waals surface area (Å²) < 4.78 is 46.1. The van der Waals surface area contributed by atoms with Gasteiger partial charge in [0, 0.05) is 11.8 Å². The van der Waals surface area contributed by atoms with Crippen molar-refractivity contribution >= 4 is 11.6 Å². The first-order valence-corrected chi connectivity index (χ1v) is 10.9. The SMILES string of the molecule is CCOC(=O)[C@](C)(Cc1ccccc1)c1ccnc2c(-c3ccc(C(F)(F)F)cc3)c(C)nn12. The Morgan fingerprint density at radius 3 is 2.32 bits per heavy atom. The van der Waals surface area contributed by atoms with E-state index in [1.165, 1.54) is 12.1 Å². The third kappa shape index (κ3) is 4.27. The van der Waals surface area contributed by atoms with Gasteiger partial charge in [-0.3, -0.25) is 4.79 Å². The van der Waals surface area contributed by atoms with Gasteiger partial charge in [0.15, 0.2) is 5.65 Å². The fraction of sp³-hybridized carbons (Fsp3) is 0.269. The van der Waals surface area contributed by atoms with Gasteiger partial charge in [-0.05, 0) is 56.5 Å². The van der Waals surface area contributed by atoms with Gasteiger partial charge in [-0.1, -0.05) is 42.5 Å². The van der Waals surface area contributed by atoms with Gasteiger partial charge in [-0.15, -0.1) is 0 Å². The van der Waals surface area contributed by atoms with Crippen LogP contribution in [0.4, 0.5) is 13.2 Å². The van der Waals surface area contributed by atoms with Crippen molar-refractivity contribution in [2.24, 2.45) is 0 Å². The Morgan fingerprint density at radius 2 is 1.71 bits per heavy atom. The van der Waals surface area contributed by atoms with Crippen LogP contribution in [-0.2, 0) is 27.5 Å². The van der Waals surface area contributed by atoms with Crippen LogP contribution in [0.15, 0.2) is 66.9 Å². The van der Waals surface area contributed by atoms with Crippen LogP contribution >= 0.6 is 0 Å². The minimum Gasteiger partial charge on any atom is -0.465 e. The van der Waals surface area contributed by atoms with Crippen molar-refractivity contribution < 1.29 is 22.7 Å². The van der Waals surface area contributed by atoms with E-state index < -0.39 is 23.1 Å². The molecule has 8 heteroatoms. The monoisotopic (exact) mass is 467 g/mol. The molecule has 0 amide bonds. The molecule has 5 nitrogen and oxygen atoms in total. The highest BCUT2D eigenvalue weighted by atomic mass is 19.4. The number of rotatable bonds is 6. The highest BCUT2D eigenvalue weighted by Gasteiger charge is 2.40. The highest BCUT2D eigenvalue weighted by Crippen LogP contribution is 2.35. The third-order valence-electron chi connectivity index (χ3n) is 5.89. The molecular weight excluding hydrogens is 443 g/mol. The smallest absolute Gasteiger partial charge is 0.416 e. The van der Waals surface area contributed by atoms with Gasteiger partial charge >= 0.3 is 12.1 Å². The van der Waals surface area contributed by atoms with Crippen LogP contribution in [-0.4, -0.2) is 27.2 Å². The predicted molar refractivity (Wildman–Crippen MR) is 122 cm³/mol. The van der Waals surface area contributed by atoms with Crippen LogP contribution in [0, 0.1) is 6.92 Å². The van der Waals surface area contributed by atoms with Crippen molar-refractivity contribution in [2.75, 3.05) is 6.61 Å². The number of ether oxygens (including phenoxy) is 1. The summed E-state index contributed by atoms with van der Waals surface area (Å²) in [6, 6.07) is 16.2. The molecule has 4 rings (SSSR count). The Labute approximate surface area is 195 Å². The number of fused-ring (bicyclic) bond motifs is 1. The minimum atomic E-state index is -4.42. The van der Waals surface area contributed by atoms with Gasteiger partial charge in [0.2, 0.25) is 0 Å². The molecule has 0 unspecified atom stereocenters. The largest absolute Gasteiger partial charge is 0.465 e. The van der Waals surface area contributed by atoms with Gasteiger partial charge < -0.3 is 4.74 Å². The number of carbonyl (C=O) groups is 1. The summed E-state index contributed by atoms with van der Waals surface area (Å²) in [6.45, 7) is 5.56. The van der Waals surface area contributed by atoms with Crippen molar-refractivity contribution in [2.45, 2.75) is 38.8 Å². The molecule has 2 aromatic heterocycles. The lowest BCUT2D eigenvalue weighted by molar-refractivity contribution is -0.149. The minimum absolute atomic E-state index is 0.229. The number of hydrogen-bond donors (Lipinski definition) is 0. The molecule has 0 aliphatic carbocycles. The third-order valence-corrected chi connectivity index (χ3v) is 5.89. The number of halogens is 3. The summed E-state index contributed by atoms with van der Waals surface area (Å²) in [5.74, 6) is -0.393. The summed E-state index contributed by atoms with van der Waals surface area (Å²) in [6.07, 6.45) is -2.46. The van der Waals surface area contributed by atoms with Crippen molar-refractivity contribution in [3.63, 3.8) is 0 Å². The zero-order valence-electron chi connectivity index (χ0n) is 19.1. The van der Waals surface area contributed by atoms with E-state index in [-0.39, 0.29) is 6.61 Å². The van der Waals surface area contributed by atoms with Gasteiger partial charge in [0.05, 0.1) is 23.6 Å². The lowest BCUT2D eigenvalue weighted by Gasteiger charge is -2.28. The molecule has 2 heterocycles. The molecule has 0 saturated carbocycles. The van der Waals surface area contributed by atoms with Gasteiger partial charge in [-0.2, -0.15) is 18.3 Å². The molecule has 0 aliphatic heterocycles. The molecule has 0 fully saturated rings. The molecule has 176 valence electrons. The molecule has 0 radical (unpaired) electrons. The molecule has 0 bridgehead atoms. The second-order valence-corrected chi connectivity index (χ2v) is 8.32. The lowest BCUT2D eigenvalue weighted by atomic mass is 9.80. The molecule has 0 aliphatic rings. The Balaban J connectivity index is 1.86. The van der Waals surface area contributed by atoms with Crippen molar-refractivity contribution in [3.05, 3.63) is 89.4 Å². The number of carbonyl (C=O) groups excluding carboxylic acids is 1. The quantitative estimate of drug-likeness (QED) is 0.337. The maximum absolute atomic E-state index is 13.2. The van der Waals surface area contributed by atoms with E-state index in [9.17, 15) is 18.0 Å². The number of esters is 1.